The standard InChI is InChI=1S/C25H19ClN2O6/c1-16-6-8-19(9-7-16)33-21-13-17(12-18(14-21)28(30)31)27-25(29)24-11-10-20(34-24)15-32-23-5-3-2-4-22(23)26/h2-14H,15H2,1H3,(H,27,29). The fourth-order valence-corrected chi connectivity index (χ4v) is 3.23. The van der Waals surface area contributed by atoms with Gasteiger partial charge in [0.25, 0.3) is 11.6 Å². The molecule has 0 radical (unpaired) electrons. The predicted octanol–water partition coefficient (Wildman–Crippen LogP) is 6.77. The van der Waals surface area contributed by atoms with Crippen molar-refractivity contribution in [3.8, 4) is 17.2 Å². The summed E-state index contributed by atoms with van der Waals surface area (Å²) in [5, 5.41) is 14.4. The number of furan rings is 1. The summed E-state index contributed by atoms with van der Waals surface area (Å²) in [5.74, 6) is 1.06. The van der Waals surface area contributed by atoms with Crippen LogP contribution >= 0.6 is 11.6 Å². The van der Waals surface area contributed by atoms with Crippen LogP contribution in [0.15, 0.2) is 83.3 Å². The first-order valence-electron chi connectivity index (χ1n) is 10.2. The lowest BCUT2D eigenvalue weighted by Gasteiger charge is -2.09. The van der Waals surface area contributed by atoms with Crippen LogP contribution in [0.2, 0.25) is 5.02 Å². The summed E-state index contributed by atoms with van der Waals surface area (Å²) in [5.41, 5.74) is 1.01. The van der Waals surface area contributed by atoms with Crippen molar-refractivity contribution in [1.82, 2.24) is 0 Å². The summed E-state index contributed by atoms with van der Waals surface area (Å²) >= 11 is 6.06. The monoisotopic (exact) mass is 478 g/mol. The Bertz CT molecular complexity index is 1330. The summed E-state index contributed by atoms with van der Waals surface area (Å²) in [4.78, 5) is 23.5. The number of hydrogen-bond donors (Lipinski definition) is 1. The summed E-state index contributed by atoms with van der Waals surface area (Å²) in [6.45, 7) is 2.01. The Morgan fingerprint density at radius 3 is 2.53 bits per heavy atom. The van der Waals surface area contributed by atoms with E-state index in [0.717, 1.165) is 5.56 Å². The Labute approximate surface area is 199 Å². The molecule has 4 rings (SSSR count). The number of aryl methyl sites for hydroxylation is 1. The first-order valence-corrected chi connectivity index (χ1v) is 10.6. The summed E-state index contributed by atoms with van der Waals surface area (Å²) in [7, 11) is 0. The number of benzene rings is 3. The molecule has 0 bridgehead atoms. The number of carbonyl (C=O) groups is 1. The van der Waals surface area contributed by atoms with E-state index in [9.17, 15) is 14.9 Å². The third-order valence-corrected chi connectivity index (χ3v) is 5.02. The van der Waals surface area contributed by atoms with Crippen molar-refractivity contribution >= 4 is 28.9 Å². The summed E-state index contributed by atoms with van der Waals surface area (Å²) < 4.78 is 16.9. The molecule has 0 saturated carbocycles. The van der Waals surface area contributed by atoms with Crippen molar-refractivity contribution in [2.45, 2.75) is 13.5 Å². The summed E-state index contributed by atoms with van der Waals surface area (Å²) in [6.07, 6.45) is 0. The van der Waals surface area contributed by atoms with Gasteiger partial charge in [-0.15, -0.1) is 0 Å². The second-order valence-electron chi connectivity index (χ2n) is 7.33. The second kappa shape index (κ2) is 10.1. The Balaban J connectivity index is 1.46. The van der Waals surface area contributed by atoms with Gasteiger partial charge in [-0.1, -0.05) is 41.4 Å². The van der Waals surface area contributed by atoms with Crippen LogP contribution in [-0.2, 0) is 6.61 Å². The minimum atomic E-state index is -0.578. The fourth-order valence-electron chi connectivity index (χ4n) is 3.04. The lowest BCUT2D eigenvalue weighted by atomic mass is 10.2. The number of nitro groups is 1. The molecule has 1 N–H and O–H groups in total. The van der Waals surface area contributed by atoms with Gasteiger partial charge in [0, 0.05) is 12.1 Å². The number of para-hydroxylation sites is 1. The molecule has 9 heteroatoms. The molecule has 34 heavy (non-hydrogen) atoms. The topological polar surface area (TPSA) is 104 Å². The molecule has 172 valence electrons. The number of amides is 1. The lowest BCUT2D eigenvalue weighted by molar-refractivity contribution is -0.384. The van der Waals surface area contributed by atoms with E-state index in [0.29, 0.717) is 22.3 Å². The molecule has 1 heterocycles. The van der Waals surface area contributed by atoms with Gasteiger partial charge in [0.15, 0.2) is 5.76 Å². The number of nitrogens with zero attached hydrogens (tertiary/aromatic N) is 1. The van der Waals surface area contributed by atoms with Gasteiger partial charge in [-0.25, -0.2) is 0 Å². The van der Waals surface area contributed by atoms with E-state index in [2.05, 4.69) is 5.32 Å². The van der Waals surface area contributed by atoms with Crippen molar-refractivity contribution in [2.75, 3.05) is 5.32 Å². The average molecular weight is 479 g/mol. The molecule has 3 aromatic carbocycles. The third-order valence-electron chi connectivity index (χ3n) is 4.71. The Morgan fingerprint density at radius 2 is 1.79 bits per heavy atom. The predicted molar refractivity (Wildman–Crippen MR) is 127 cm³/mol. The van der Waals surface area contributed by atoms with Crippen LogP contribution in [0, 0.1) is 17.0 Å². The van der Waals surface area contributed by atoms with E-state index >= 15 is 0 Å². The van der Waals surface area contributed by atoms with Gasteiger partial charge in [-0.05, 0) is 43.3 Å². The molecule has 1 aromatic heterocycles. The van der Waals surface area contributed by atoms with Crippen LogP contribution in [0.4, 0.5) is 11.4 Å². The number of rotatable bonds is 8. The highest BCUT2D eigenvalue weighted by molar-refractivity contribution is 6.32. The molecular formula is C25H19ClN2O6. The number of anilines is 1. The number of non-ortho nitro benzene ring substituents is 1. The average Bonchev–Trinajstić information content (AvgIpc) is 3.29. The number of halogens is 1. The molecule has 0 atom stereocenters. The maximum atomic E-state index is 12.7. The fraction of sp³-hybridized carbons (Fsp3) is 0.0800. The molecule has 8 nitrogen and oxygen atoms in total. The highest BCUT2D eigenvalue weighted by atomic mass is 35.5. The molecule has 0 fully saturated rings. The van der Waals surface area contributed by atoms with Gasteiger partial charge in [0.2, 0.25) is 0 Å². The zero-order valence-corrected chi connectivity index (χ0v) is 18.7. The molecule has 0 spiro atoms. The van der Waals surface area contributed by atoms with E-state index in [1.54, 1.807) is 42.5 Å². The maximum absolute atomic E-state index is 12.7. The first-order chi connectivity index (χ1) is 16.4. The molecule has 0 aliphatic heterocycles. The highest BCUT2D eigenvalue weighted by Gasteiger charge is 2.16. The molecule has 4 aromatic rings. The number of carbonyl (C=O) groups excluding carboxylic acids is 1. The van der Waals surface area contributed by atoms with E-state index in [-0.39, 0.29) is 29.5 Å². The van der Waals surface area contributed by atoms with Crippen molar-refractivity contribution in [3.63, 3.8) is 0 Å². The van der Waals surface area contributed by atoms with E-state index < -0.39 is 10.8 Å². The smallest absolute Gasteiger partial charge is 0.291 e. The van der Waals surface area contributed by atoms with Crippen LogP contribution in [0.25, 0.3) is 0 Å². The van der Waals surface area contributed by atoms with Crippen molar-refractivity contribution in [3.05, 3.63) is 111 Å². The SMILES string of the molecule is Cc1ccc(Oc2cc(NC(=O)c3ccc(COc4ccccc4Cl)o3)cc([N+](=O)[O-])c2)cc1. The minimum absolute atomic E-state index is 0.0188. The first kappa shape index (κ1) is 22.9. The van der Waals surface area contributed by atoms with Crippen LogP contribution in [0.5, 0.6) is 17.2 Å². The van der Waals surface area contributed by atoms with Crippen molar-refractivity contribution in [2.24, 2.45) is 0 Å². The Hall–Kier alpha value is -4.30. The van der Waals surface area contributed by atoms with Gasteiger partial charge in [0.05, 0.1) is 21.7 Å². The van der Waals surface area contributed by atoms with Gasteiger partial charge in [0.1, 0.15) is 29.6 Å². The quantitative estimate of drug-likeness (QED) is 0.221. The Kier molecular flexibility index (Phi) is 6.79. The van der Waals surface area contributed by atoms with Crippen molar-refractivity contribution < 1.29 is 23.6 Å². The molecule has 0 aliphatic rings. The molecule has 0 unspecified atom stereocenters. The highest BCUT2D eigenvalue weighted by Crippen LogP contribution is 2.30. The maximum Gasteiger partial charge on any atom is 0.291 e. The molecule has 0 saturated heterocycles. The molecule has 1 amide bonds. The number of ether oxygens (including phenoxy) is 2. The minimum Gasteiger partial charge on any atom is -0.484 e. The van der Waals surface area contributed by atoms with E-state index in [1.165, 1.54) is 24.3 Å². The largest absolute Gasteiger partial charge is 0.484 e. The van der Waals surface area contributed by atoms with Crippen LogP contribution in [-0.4, -0.2) is 10.8 Å². The number of nitrogens with one attached hydrogen (secondary N) is 1. The zero-order valence-electron chi connectivity index (χ0n) is 18.0. The van der Waals surface area contributed by atoms with Gasteiger partial charge in [-0.2, -0.15) is 0 Å². The lowest BCUT2D eigenvalue weighted by Crippen LogP contribution is -2.11. The van der Waals surface area contributed by atoms with E-state index in [1.807, 2.05) is 19.1 Å². The van der Waals surface area contributed by atoms with Crippen LogP contribution in [0.1, 0.15) is 21.9 Å². The zero-order chi connectivity index (χ0) is 24.1. The number of nitro benzene ring substituents is 1. The van der Waals surface area contributed by atoms with Gasteiger partial charge in [-0.3, -0.25) is 14.9 Å². The van der Waals surface area contributed by atoms with Crippen LogP contribution in [0.3, 0.4) is 0 Å². The molecular weight excluding hydrogens is 460 g/mol. The second-order valence-corrected chi connectivity index (χ2v) is 7.73. The van der Waals surface area contributed by atoms with Crippen molar-refractivity contribution in [1.29, 1.82) is 0 Å². The Morgan fingerprint density at radius 1 is 1.03 bits per heavy atom. The van der Waals surface area contributed by atoms with Gasteiger partial charge < -0.3 is 19.2 Å². The third kappa shape index (κ3) is 5.73. The van der Waals surface area contributed by atoms with Crippen LogP contribution < -0.4 is 14.8 Å². The van der Waals surface area contributed by atoms with E-state index in [4.69, 9.17) is 25.5 Å². The number of hydrogen-bond acceptors (Lipinski definition) is 6. The molecule has 0 aliphatic carbocycles. The normalized spacial score (nSPS) is 10.5. The van der Waals surface area contributed by atoms with Gasteiger partial charge >= 0.3 is 0 Å². The summed E-state index contributed by atoms with van der Waals surface area (Å²) in [6, 6.07) is 21.3.